The predicted octanol–water partition coefficient (Wildman–Crippen LogP) is 11.9. The van der Waals surface area contributed by atoms with Crippen LogP contribution in [0, 0.1) is 14.4 Å². The van der Waals surface area contributed by atoms with Crippen LogP contribution in [0.4, 0.5) is 11.4 Å². The molecule has 3 heteroatoms. The summed E-state index contributed by atoms with van der Waals surface area (Å²) < 4.78 is 0. The van der Waals surface area contributed by atoms with Gasteiger partial charge in [0.15, 0.2) is 0 Å². The number of rotatable bonds is 19. The Morgan fingerprint density at radius 3 is 1.82 bits per heavy atom. The van der Waals surface area contributed by atoms with Gasteiger partial charge in [-0.05, 0) is 111 Å². The first-order valence-corrected chi connectivity index (χ1v) is 15.8. The van der Waals surface area contributed by atoms with E-state index in [0.29, 0.717) is 0 Å². The van der Waals surface area contributed by atoms with Crippen LogP contribution in [0.1, 0.15) is 139 Å². The molecule has 0 aliphatic carbocycles. The Morgan fingerprint density at radius 2 is 1.20 bits per heavy atom. The topological polar surface area (TPSA) is 24.7 Å². The van der Waals surface area contributed by atoms with Crippen molar-refractivity contribution >= 4 is 23.3 Å². The van der Waals surface area contributed by atoms with E-state index in [1.807, 2.05) is 6.21 Å². The molecule has 0 aliphatic rings. The number of unbranched alkanes of at least 4 members (excludes halogenated alkanes) is 9. The Hall–Kier alpha value is -1.73. The van der Waals surface area contributed by atoms with Crippen molar-refractivity contribution in [2.75, 3.05) is 0 Å². The van der Waals surface area contributed by atoms with Crippen LogP contribution in [0.3, 0.4) is 0 Å². The third-order valence-electron chi connectivity index (χ3n) is 7.52. The molecule has 0 unspecified atom stereocenters. The fourth-order valence-electron chi connectivity index (χ4n) is 5.42. The van der Waals surface area contributed by atoms with Crippen molar-refractivity contribution in [2.24, 2.45) is 9.98 Å². The van der Waals surface area contributed by atoms with E-state index in [1.54, 1.807) is 5.56 Å². The van der Waals surface area contributed by atoms with Gasteiger partial charge in [-0.15, -0.1) is 0 Å². The van der Waals surface area contributed by atoms with Gasteiger partial charge in [0, 0.05) is 22.7 Å². The molecule has 0 heterocycles. The van der Waals surface area contributed by atoms with Gasteiger partial charge in [0.2, 0.25) is 0 Å². The summed E-state index contributed by atoms with van der Waals surface area (Å²) >= 11 is 0. The number of aryl methyl sites for hydroxylation is 4. The zero-order valence-electron chi connectivity index (χ0n) is 27.0. The molecule has 0 atom stereocenters. The zero-order valence-corrected chi connectivity index (χ0v) is 28.0. The van der Waals surface area contributed by atoms with Gasteiger partial charge in [-0.1, -0.05) is 91.5 Å². The molecule has 0 aliphatic heterocycles. The van der Waals surface area contributed by atoms with E-state index >= 15 is 0 Å². The second-order valence-electron chi connectivity index (χ2n) is 11.2. The van der Waals surface area contributed by atoms with Gasteiger partial charge in [-0.3, -0.25) is 9.98 Å². The molecule has 0 radical (unpaired) electrons. The van der Waals surface area contributed by atoms with E-state index in [1.165, 1.54) is 106 Å². The van der Waals surface area contributed by atoms with E-state index in [9.17, 15) is 0 Å². The van der Waals surface area contributed by atoms with Crippen LogP contribution in [0.15, 0.2) is 40.3 Å². The average Bonchev–Trinajstić information content (AvgIpc) is 2.90. The quantitative estimate of drug-likeness (QED) is 0.0673. The molecule has 228 valence electrons. The number of benzene rings is 2. The standard InChI is InChI=1S/C36H56N2.CH3.Ni/c1-7-11-14-16-17-18-20-31-23-29(5)24-34(25-31)37-28-30(6)38-35-26-32(21-13-9-3)36(10-4)33(27-35)22-19-15-12-8-2;;/h23-28H,7-22H2,1-6H3;1H3;/q;-1;. The van der Waals surface area contributed by atoms with Crippen LogP contribution in [-0.2, 0) is 42.2 Å². The van der Waals surface area contributed by atoms with Gasteiger partial charge >= 0.3 is 0 Å². The number of hydrogen-bond acceptors (Lipinski definition) is 2. The third kappa shape index (κ3) is 14.8. The van der Waals surface area contributed by atoms with Gasteiger partial charge < -0.3 is 7.43 Å². The van der Waals surface area contributed by atoms with E-state index in [0.717, 1.165) is 36.3 Å². The Kier molecular flexibility index (Phi) is 21.9. The van der Waals surface area contributed by atoms with Gasteiger partial charge in [-0.25, -0.2) is 0 Å². The van der Waals surface area contributed by atoms with Crippen molar-refractivity contribution in [1.82, 2.24) is 0 Å². The molecular weight excluding hydrogens is 531 g/mol. The summed E-state index contributed by atoms with van der Waals surface area (Å²) in [5.41, 5.74) is 10.4. The fraction of sp³-hybridized carbons (Fsp3) is 0.595. The summed E-state index contributed by atoms with van der Waals surface area (Å²) in [5.74, 6) is 0. The average molecular weight is 591 g/mol. The minimum Gasteiger partial charge on any atom is -0.358 e. The molecule has 0 aromatic heterocycles. The molecule has 0 bridgehead atoms. The SMILES string of the molecule is CCCCCCCCc1cc(C)cc(N=CC(C)=Nc2cc(CCCC)c(CC)c(CCCCCC)c2)c1.[CH3-].[Ni]. The second kappa shape index (κ2) is 22.9. The van der Waals surface area contributed by atoms with E-state index in [-0.39, 0.29) is 23.9 Å². The Labute approximate surface area is 258 Å². The van der Waals surface area contributed by atoms with Crippen LogP contribution < -0.4 is 0 Å². The molecule has 2 nitrogen and oxygen atoms in total. The molecule has 2 aromatic rings. The smallest absolute Gasteiger partial charge is 0.0639 e. The summed E-state index contributed by atoms with van der Waals surface area (Å²) in [4.78, 5) is 9.86. The largest absolute Gasteiger partial charge is 0.358 e. The minimum atomic E-state index is 0. The van der Waals surface area contributed by atoms with Gasteiger partial charge in [0.25, 0.3) is 0 Å². The van der Waals surface area contributed by atoms with Crippen LogP contribution in [0.5, 0.6) is 0 Å². The number of aliphatic imine (C=N–C) groups is 2. The zero-order chi connectivity index (χ0) is 27.6. The van der Waals surface area contributed by atoms with E-state index < -0.39 is 0 Å². The molecule has 2 rings (SSSR count). The first kappa shape index (κ1) is 38.3. The molecule has 0 spiro atoms. The number of nitrogens with zero attached hydrogens (tertiary/aromatic N) is 2. The van der Waals surface area contributed by atoms with Crippen LogP contribution >= 0.6 is 0 Å². The Morgan fingerprint density at radius 1 is 0.650 bits per heavy atom. The van der Waals surface area contributed by atoms with Gasteiger partial charge in [0.1, 0.15) is 0 Å². The molecule has 0 N–H and O–H groups in total. The van der Waals surface area contributed by atoms with Crippen molar-refractivity contribution in [3.63, 3.8) is 0 Å². The summed E-state index contributed by atoms with van der Waals surface area (Å²) in [6.07, 6.45) is 22.2. The van der Waals surface area contributed by atoms with Crippen molar-refractivity contribution < 1.29 is 16.5 Å². The molecule has 0 amide bonds. The maximum Gasteiger partial charge on any atom is 0.0639 e. The van der Waals surface area contributed by atoms with Crippen molar-refractivity contribution in [2.45, 2.75) is 144 Å². The summed E-state index contributed by atoms with van der Waals surface area (Å²) in [6, 6.07) is 11.5. The monoisotopic (exact) mass is 589 g/mol. The van der Waals surface area contributed by atoms with E-state index in [2.05, 4.69) is 71.9 Å². The first-order valence-electron chi connectivity index (χ1n) is 15.8. The van der Waals surface area contributed by atoms with Crippen LogP contribution in [0.2, 0.25) is 0 Å². The molecule has 0 saturated heterocycles. The van der Waals surface area contributed by atoms with Gasteiger partial charge in [-0.2, -0.15) is 0 Å². The second-order valence-corrected chi connectivity index (χ2v) is 11.2. The Balaban J connectivity index is 0.00000760. The van der Waals surface area contributed by atoms with Crippen LogP contribution in [0.25, 0.3) is 0 Å². The summed E-state index contributed by atoms with van der Waals surface area (Å²) in [7, 11) is 0. The van der Waals surface area contributed by atoms with Crippen molar-refractivity contribution in [1.29, 1.82) is 0 Å². The van der Waals surface area contributed by atoms with Crippen LogP contribution in [-0.4, -0.2) is 11.9 Å². The molecule has 0 saturated carbocycles. The normalized spacial score (nSPS) is 11.5. The van der Waals surface area contributed by atoms with Crippen molar-refractivity contribution in [3.05, 3.63) is 65.6 Å². The number of hydrogen-bond donors (Lipinski definition) is 0. The third-order valence-corrected chi connectivity index (χ3v) is 7.52. The predicted molar refractivity (Wildman–Crippen MR) is 178 cm³/mol. The minimum absolute atomic E-state index is 0. The maximum absolute atomic E-state index is 5.02. The molecule has 2 aromatic carbocycles. The maximum atomic E-state index is 5.02. The first-order chi connectivity index (χ1) is 18.5. The molecule has 0 fully saturated rings. The molecule has 40 heavy (non-hydrogen) atoms. The van der Waals surface area contributed by atoms with E-state index in [4.69, 9.17) is 9.98 Å². The summed E-state index contributed by atoms with van der Waals surface area (Å²) in [6.45, 7) is 13.4. The molecular formula is C37H59N2Ni-. The Bertz CT molecular complexity index is 1010. The van der Waals surface area contributed by atoms with Crippen molar-refractivity contribution in [3.8, 4) is 0 Å². The fourth-order valence-corrected chi connectivity index (χ4v) is 5.42. The summed E-state index contributed by atoms with van der Waals surface area (Å²) in [5, 5.41) is 0. The van der Waals surface area contributed by atoms with Gasteiger partial charge in [0.05, 0.1) is 17.1 Å².